The number of rotatable bonds is 4. The molecule has 4 nitrogen and oxygen atoms in total. The number of hydrogen-bond acceptors (Lipinski definition) is 6. The SMILES string of the molecule is Nc1ccc(Nc2cccc3nc(-c4cccs4)c(-c4cccs4)nc23)cc1. The lowest BCUT2D eigenvalue weighted by atomic mass is 10.1. The molecule has 2 aromatic carbocycles. The Balaban J connectivity index is 1.69. The summed E-state index contributed by atoms with van der Waals surface area (Å²) in [6, 6.07) is 22.0. The van der Waals surface area contributed by atoms with E-state index < -0.39 is 0 Å². The first-order valence-corrected chi connectivity index (χ1v) is 10.5. The lowest BCUT2D eigenvalue weighted by Gasteiger charge is -2.12. The van der Waals surface area contributed by atoms with Gasteiger partial charge in [0.25, 0.3) is 0 Å². The zero-order chi connectivity index (χ0) is 18.9. The summed E-state index contributed by atoms with van der Waals surface area (Å²) in [5.41, 5.74) is 12.0. The number of thiophene rings is 2. The highest BCUT2D eigenvalue weighted by Gasteiger charge is 2.16. The van der Waals surface area contributed by atoms with Crippen molar-refractivity contribution in [1.29, 1.82) is 0 Å². The number of fused-ring (bicyclic) bond motifs is 1. The van der Waals surface area contributed by atoms with Gasteiger partial charge in [-0.05, 0) is 59.3 Å². The first kappa shape index (κ1) is 16.9. The fourth-order valence-corrected chi connectivity index (χ4v) is 4.50. The van der Waals surface area contributed by atoms with Gasteiger partial charge in [-0.3, -0.25) is 0 Å². The van der Waals surface area contributed by atoms with Crippen molar-refractivity contribution in [2.75, 3.05) is 11.1 Å². The summed E-state index contributed by atoms with van der Waals surface area (Å²) in [4.78, 5) is 12.3. The summed E-state index contributed by atoms with van der Waals surface area (Å²) in [5, 5.41) is 7.58. The molecule has 0 aliphatic carbocycles. The first-order valence-electron chi connectivity index (χ1n) is 8.79. The normalized spacial score (nSPS) is 11.0. The van der Waals surface area contributed by atoms with Crippen molar-refractivity contribution in [3.8, 4) is 21.1 Å². The van der Waals surface area contributed by atoms with Crippen molar-refractivity contribution < 1.29 is 0 Å². The molecule has 0 fully saturated rings. The second kappa shape index (κ2) is 7.07. The molecule has 0 bridgehead atoms. The number of nitrogens with one attached hydrogen (secondary N) is 1. The molecule has 0 saturated carbocycles. The fourth-order valence-electron chi connectivity index (χ4n) is 3.07. The third-order valence-electron chi connectivity index (χ3n) is 4.39. The Kier molecular flexibility index (Phi) is 4.27. The van der Waals surface area contributed by atoms with Crippen LogP contribution in [0.3, 0.4) is 0 Å². The van der Waals surface area contributed by atoms with Gasteiger partial charge in [0.1, 0.15) is 16.9 Å². The Hall–Kier alpha value is -3.22. The Bertz CT molecular complexity index is 1230. The van der Waals surface area contributed by atoms with E-state index in [1.54, 1.807) is 22.7 Å². The van der Waals surface area contributed by atoms with Gasteiger partial charge in [-0.2, -0.15) is 0 Å². The van der Waals surface area contributed by atoms with E-state index in [4.69, 9.17) is 15.7 Å². The highest BCUT2D eigenvalue weighted by molar-refractivity contribution is 7.14. The lowest BCUT2D eigenvalue weighted by molar-refractivity contribution is 1.31. The van der Waals surface area contributed by atoms with Gasteiger partial charge in [-0.1, -0.05) is 18.2 Å². The van der Waals surface area contributed by atoms with Crippen LogP contribution in [0.5, 0.6) is 0 Å². The van der Waals surface area contributed by atoms with Crippen LogP contribution in [0.4, 0.5) is 17.1 Å². The summed E-state index contributed by atoms with van der Waals surface area (Å²) in [6.07, 6.45) is 0. The summed E-state index contributed by atoms with van der Waals surface area (Å²) in [5.74, 6) is 0. The quantitative estimate of drug-likeness (QED) is 0.342. The van der Waals surface area contributed by atoms with Crippen LogP contribution >= 0.6 is 22.7 Å². The average Bonchev–Trinajstić information content (AvgIpc) is 3.43. The summed E-state index contributed by atoms with van der Waals surface area (Å²) in [6.45, 7) is 0. The number of nitrogen functional groups attached to an aromatic ring is 1. The molecule has 5 aromatic rings. The monoisotopic (exact) mass is 400 g/mol. The van der Waals surface area contributed by atoms with Crippen LogP contribution in [0.15, 0.2) is 77.5 Å². The maximum atomic E-state index is 5.80. The molecule has 0 saturated heterocycles. The van der Waals surface area contributed by atoms with E-state index in [2.05, 4.69) is 28.2 Å². The van der Waals surface area contributed by atoms with Crippen LogP contribution in [-0.4, -0.2) is 9.97 Å². The molecule has 0 aliphatic heterocycles. The zero-order valence-electron chi connectivity index (χ0n) is 14.8. The standard InChI is InChI=1S/C22H16N4S2/c23-14-8-10-15(11-9-14)24-16-4-1-5-17-20(16)26-22(19-7-3-13-28-19)21(25-17)18-6-2-12-27-18/h1-13,24H,23H2. The first-order chi connectivity index (χ1) is 13.8. The van der Waals surface area contributed by atoms with E-state index in [9.17, 15) is 0 Å². The Morgan fingerprint density at radius 2 is 1.39 bits per heavy atom. The van der Waals surface area contributed by atoms with Crippen LogP contribution in [0.25, 0.3) is 32.2 Å². The van der Waals surface area contributed by atoms with Crippen molar-refractivity contribution in [1.82, 2.24) is 9.97 Å². The smallest absolute Gasteiger partial charge is 0.113 e. The van der Waals surface area contributed by atoms with Gasteiger partial charge < -0.3 is 11.1 Å². The minimum atomic E-state index is 0.740. The number of aromatic nitrogens is 2. The molecule has 0 radical (unpaired) electrons. The number of anilines is 3. The zero-order valence-corrected chi connectivity index (χ0v) is 16.4. The molecule has 6 heteroatoms. The molecule has 0 spiro atoms. The highest BCUT2D eigenvalue weighted by Crippen LogP contribution is 2.37. The van der Waals surface area contributed by atoms with E-state index in [1.807, 2.05) is 54.6 Å². The molecule has 5 rings (SSSR count). The van der Waals surface area contributed by atoms with Crippen LogP contribution in [0, 0.1) is 0 Å². The fraction of sp³-hybridized carbons (Fsp3) is 0. The topological polar surface area (TPSA) is 63.8 Å². The van der Waals surface area contributed by atoms with E-state index in [-0.39, 0.29) is 0 Å². The predicted octanol–water partition coefficient (Wildman–Crippen LogP) is 6.41. The average molecular weight is 401 g/mol. The van der Waals surface area contributed by atoms with Crippen LogP contribution in [0.2, 0.25) is 0 Å². The van der Waals surface area contributed by atoms with Gasteiger partial charge in [-0.25, -0.2) is 9.97 Å². The Labute approximate surface area is 170 Å². The number of hydrogen-bond donors (Lipinski definition) is 2. The molecule has 0 aliphatic rings. The summed E-state index contributed by atoms with van der Waals surface area (Å²) in [7, 11) is 0. The van der Waals surface area contributed by atoms with Crippen molar-refractivity contribution in [2.24, 2.45) is 0 Å². The van der Waals surface area contributed by atoms with Crippen molar-refractivity contribution in [3.05, 3.63) is 77.5 Å². The second-order valence-corrected chi connectivity index (χ2v) is 8.19. The number of para-hydroxylation sites is 1. The molecule has 3 N–H and O–H groups in total. The predicted molar refractivity (Wildman–Crippen MR) is 120 cm³/mol. The molecule has 0 unspecified atom stereocenters. The molecule has 0 atom stereocenters. The van der Waals surface area contributed by atoms with Crippen molar-refractivity contribution in [3.63, 3.8) is 0 Å². The maximum Gasteiger partial charge on any atom is 0.113 e. The molecule has 0 amide bonds. The van der Waals surface area contributed by atoms with Crippen LogP contribution in [0.1, 0.15) is 0 Å². The van der Waals surface area contributed by atoms with Gasteiger partial charge >= 0.3 is 0 Å². The third-order valence-corrected chi connectivity index (χ3v) is 6.15. The molecule has 136 valence electrons. The molecular weight excluding hydrogens is 384 g/mol. The molecular formula is C22H16N4S2. The van der Waals surface area contributed by atoms with E-state index in [0.29, 0.717) is 0 Å². The number of benzene rings is 2. The van der Waals surface area contributed by atoms with E-state index in [0.717, 1.165) is 49.2 Å². The van der Waals surface area contributed by atoms with Crippen molar-refractivity contribution in [2.45, 2.75) is 0 Å². The Morgan fingerprint density at radius 1 is 0.714 bits per heavy atom. The maximum absolute atomic E-state index is 5.80. The number of nitrogens with two attached hydrogens (primary N) is 1. The van der Waals surface area contributed by atoms with Crippen molar-refractivity contribution >= 4 is 50.8 Å². The third kappa shape index (κ3) is 3.13. The number of nitrogens with zero attached hydrogens (tertiary/aromatic N) is 2. The Morgan fingerprint density at radius 3 is 2.04 bits per heavy atom. The largest absolute Gasteiger partial charge is 0.399 e. The summed E-state index contributed by atoms with van der Waals surface area (Å²) < 4.78 is 0. The van der Waals surface area contributed by atoms with Gasteiger partial charge in [0.05, 0.1) is 21.0 Å². The van der Waals surface area contributed by atoms with Gasteiger partial charge in [0.2, 0.25) is 0 Å². The van der Waals surface area contributed by atoms with Crippen LogP contribution in [-0.2, 0) is 0 Å². The second-order valence-electron chi connectivity index (χ2n) is 6.30. The summed E-state index contributed by atoms with van der Waals surface area (Å²) >= 11 is 3.35. The minimum absolute atomic E-state index is 0.740. The molecule has 3 aromatic heterocycles. The van der Waals surface area contributed by atoms with E-state index >= 15 is 0 Å². The minimum Gasteiger partial charge on any atom is -0.399 e. The molecule has 3 heterocycles. The van der Waals surface area contributed by atoms with Gasteiger partial charge in [0, 0.05) is 11.4 Å². The van der Waals surface area contributed by atoms with Gasteiger partial charge in [0.15, 0.2) is 0 Å². The molecule has 28 heavy (non-hydrogen) atoms. The lowest BCUT2D eigenvalue weighted by Crippen LogP contribution is -1.98. The highest BCUT2D eigenvalue weighted by atomic mass is 32.1. The van der Waals surface area contributed by atoms with Gasteiger partial charge in [-0.15, -0.1) is 22.7 Å². The van der Waals surface area contributed by atoms with E-state index in [1.165, 1.54) is 0 Å². The van der Waals surface area contributed by atoms with Crippen LogP contribution < -0.4 is 11.1 Å².